The van der Waals surface area contributed by atoms with Crippen LogP contribution >= 0.6 is 0 Å². The summed E-state index contributed by atoms with van der Waals surface area (Å²) in [6.45, 7) is 6.34. The Morgan fingerprint density at radius 3 is 0.944 bits per heavy atom. The van der Waals surface area contributed by atoms with Crippen LogP contribution in [-0.4, -0.2) is 37.2 Å². The molecule has 1 unspecified atom stereocenters. The first-order chi connectivity index (χ1) is 35.0. The van der Waals surface area contributed by atoms with Gasteiger partial charge in [0.1, 0.15) is 13.2 Å². The molecule has 0 bridgehead atoms. The molecule has 1 atom stereocenters. The summed E-state index contributed by atoms with van der Waals surface area (Å²) < 4.78 is 16.7. The van der Waals surface area contributed by atoms with Gasteiger partial charge in [-0.15, -0.1) is 0 Å². The molecule has 0 rings (SSSR count). The summed E-state index contributed by atoms with van der Waals surface area (Å²) in [7, 11) is 0. The van der Waals surface area contributed by atoms with Crippen LogP contribution < -0.4 is 0 Å². The SMILES string of the molecule is CC/C=C\C/C=C\C/C=C\C/C=C\C/C=C\C/C=C\CCC(=O)OCC(COC(=O)CCC/C=C\C/C=C\C/C=C\CCCCCCCC)OC(=O)CCC/C=C\C/C=C\C/C=C\CCCCCCCC. The lowest BCUT2D eigenvalue weighted by Crippen LogP contribution is -2.30. The lowest BCUT2D eigenvalue weighted by molar-refractivity contribution is -0.166. The monoisotopic (exact) mass is 979 g/mol. The Morgan fingerprint density at radius 2 is 0.577 bits per heavy atom. The smallest absolute Gasteiger partial charge is 0.306 e. The van der Waals surface area contributed by atoms with E-state index in [2.05, 4.69) is 154 Å². The quantitative estimate of drug-likeness (QED) is 0.0262. The Morgan fingerprint density at radius 1 is 0.296 bits per heavy atom. The third kappa shape index (κ3) is 56.1. The second-order valence-electron chi connectivity index (χ2n) is 18.1. The zero-order valence-electron chi connectivity index (χ0n) is 45.4. The molecule has 0 saturated heterocycles. The van der Waals surface area contributed by atoms with Crippen molar-refractivity contribution in [2.75, 3.05) is 13.2 Å². The second-order valence-corrected chi connectivity index (χ2v) is 18.1. The molecule has 0 aliphatic carbocycles. The van der Waals surface area contributed by atoms with Gasteiger partial charge < -0.3 is 14.2 Å². The number of carbonyl (C=O) groups is 3. The summed E-state index contributed by atoms with van der Waals surface area (Å²) in [5.74, 6) is -1.15. The zero-order chi connectivity index (χ0) is 51.4. The van der Waals surface area contributed by atoms with Crippen LogP contribution in [0.3, 0.4) is 0 Å². The molecule has 0 spiro atoms. The average Bonchev–Trinajstić information content (AvgIpc) is 3.37. The highest BCUT2D eigenvalue weighted by atomic mass is 16.6. The molecule has 6 heteroatoms. The molecule has 0 radical (unpaired) electrons. The Bertz CT molecular complexity index is 1590. The van der Waals surface area contributed by atoms with Gasteiger partial charge in [0.05, 0.1) is 0 Å². The Hall–Kier alpha value is -4.71. The maximum Gasteiger partial charge on any atom is 0.306 e. The number of rotatable bonds is 49. The minimum atomic E-state index is -0.862. The van der Waals surface area contributed by atoms with Gasteiger partial charge in [0.15, 0.2) is 6.10 Å². The molecular formula is C65H102O6. The number of unbranched alkanes of at least 4 members (excludes halogenated alkanes) is 14. The van der Waals surface area contributed by atoms with Gasteiger partial charge in [-0.05, 0) is 122 Å². The fourth-order valence-electron chi connectivity index (χ4n) is 7.09. The van der Waals surface area contributed by atoms with Gasteiger partial charge in [0, 0.05) is 19.3 Å². The molecule has 0 saturated carbocycles. The first-order valence-corrected chi connectivity index (χ1v) is 28.3. The van der Waals surface area contributed by atoms with Crippen LogP contribution in [-0.2, 0) is 28.6 Å². The van der Waals surface area contributed by atoms with E-state index in [9.17, 15) is 14.4 Å². The average molecular weight is 980 g/mol. The molecule has 398 valence electrons. The first kappa shape index (κ1) is 66.3. The van der Waals surface area contributed by atoms with E-state index < -0.39 is 12.1 Å². The first-order valence-electron chi connectivity index (χ1n) is 28.3. The minimum Gasteiger partial charge on any atom is -0.462 e. The van der Waals surface area contributed by atoms with E-state index in [-0.39, 0.29) is 44.4 Å². The largest absolute Gasteiger partial charge is 0.462 e. The standard InChI is InChI=1S/C65H102O6/c1-4-7-10-13-16-19-22-25-28-31-32-35-37-40-43-46-49-52-55-58-64(67)70-61-62(71-65(68)59-56-53-50-47-44-41-38-34-30-27-24-21-18-15-12-9-6-3)60-69-63(66)57-54-51-48-45-42-39-36-33-29-26-23-20-17-14-11-8-5-2/h7,10,16,19,25-30,32,35-36,38-41,43,45,47-50,52,62H,4-6,8-9,11-15,17-18,20-24,31,33-34,37,42,44,46,51,53-61H2,1-3H3/b10-7-,19-16-,28-25-,29-26-,30-27-,35-32-,39-36-,41-38-,43-40-,48-45-,50-47-,52-49-. The van der Waals surface area contributed by atoms with E-state index in [0.29, 0.717) is 19.3 Å². The molecular weight excluding hydrogens is 877 g/mol. The predicted octanol–water partition coefficient (Wildman–Crippen LogP) is 19.2. The molecule has 0 aromatic carbocycles. The molecule has 0 fully saturated rings. The van der Waals surface area contributed by atoms with Crippen molar-refractivity contribution in [3.63, 3.8) is 0 Å². The van der Waals surface area contributed by atoms with Crippen molar-refractivity contribution >= 4 is 17.9 Å². The molecule has 0 aliphatic heterocycles. The Balaban J connectivity index is 4.67. The van der Waals surface area contributed by atoms with Gasteiger partial charge >= 0.3 is 17.9 Å². The molecule has 6 nitrogen and oxygen atoms in total. The maximum absolute atomic E-state index is 12.8. The second kappa shape index (κ2) is 57.9. The van der Waals surface area contributed by atoms with E-state index in [0.717, 1.165) is 77.0 Å². The van der Waals surface area contributed by atoms with E-state index >= 15 is 0 Å². The fraction of sp³-hybridized carbons (Fsp3) is 0.585. The van der Waals surface area contributed by atoms with Crippen LogP contribution in [0, 0.1) is 0 Å². The third-order valence-electron chi connectivity index (χ3n) is 11.3. The molecule has 0 N–H and O–H groups in total. The summed E-state index contributed by atoms with van der Waals surface area (Å²) in [5, 5.41) is 0. The zero-order valence-corrected chi connectivity index (χ0v) is 45.4. The lowest BCUT2D eigenvalue weighted by atomic mass is 10.1. The third-order valence-corrected chi connectivity index (χ3v) is 11.3. The van der Waals surface area contributed by atoms with Crippen LogP contribution in [0.4, 0.5) is 0 Å². The number of esters is 3. The van der Waals surface area contributed by atoms with Crippen molar-refractivity contribution in [1.29, 1.82) is 0 Å². The normalized spacial score (nSPS) is 13.2. The summed E-state index contributed by atoms with van der Waals surface area (Å²) in [6, 6.07) is 0. The van der Waals surface area contributed by atoms with Gasteiger partial charge in [-0.2, -0.15) is 0 Å². The number of carbonyl (C=O) groups excluding carboxylic acids is 3. The van der Waals surface area contributed by atoms with E-state index in [1.54, 1.807) is 0 Å². The Labute approximate surface area is 436 Å². The predicted molar refractivity (Wildman–Crippen MR) is 306 cm³/mol. The minimum absolute atomic E-state index is 0.153. The van der Waals surface area contributed by atoms with Crippen molar-refractivity contribution in [1.82, 2.24) is 0 Å². The lowest BCUT2D eigenvalue weighted by Gasteiger charge is -2.18. The Kier molecular flexibility index (Phi) is 54.0. The highest BCUT2D eigenvalue weighted by Gasteiger charge is 2.19. The maximum atomic E-state index is 12.8. The van der Waals surface area contributed by atoms with Crippen LogP contribution in [0.2, 0.25) is 0 Å². The molecule has 0 aromatic rings. The van der Waals surface area contributed by atoms with E-state index in [1.165, 1.54) is 89.9 Å². The molecule has 0 heterocycles. The van der Waals surface area contributed by atoms with Crippen molar-refractivity contribution in [3.05, 3.63) is 146 Å². The summed E-state index contributed by atoms with van der Waals surface area (Å²) in [4.78, 5) is 38.1. The van der Waals surface area contributed by atoms with Crippen molar-refractivity contribution in [2.24, 2.45) is 0 Å². The van der Waals surface area contributed by atoms with Gasteiger partial charge in [-0.3, -0.25) is 14.4 Å². The highest BCUT2D eigenvalue weighted by Crippen LogP contribution is 2.11. The number of allylic oxidation sites excluding steroid dienone is 24. The van der Waals surface area contributed by atoms with Crippen LogP contribution in [0.15, 0.2) is 146 Å². The summed E-state index contributed by atoms with van der Waals surface area (Å²) in [5.41, 5.74) is 0. The number of hydrogen-bond donors (Lipinski definition) is 0. The van der Waals surface area contributed by atoms with Gasteiger partial charge in [-0.1, -0.05) is 231 Å². The van der Waals surface area contributed by atoms with Crippen molar-refractivity contribution in [2.45, 2.75) is 232 Å². The fourth-order valence-corrected chi connectivity index (χ4v) is 7.09. The highest BCUT2D eigenvalue weighted by molar-refractivity contribution is 5.71. The van der Waals surface area contributed by atoms with Crippen LogP contribution in [0.1, 0.15) is 226 Å². The summed E-state index contributed by atoms with van der Waals surface area (Å²) in [6.07, 6.45) is 82.9. The molecule has 71 heavy (non-hydrogen) atoms. The van der Waals surface area contributed by atoms with Gasteiger partial charge in [-0.25, -0.2) is 0 Å². The molecule has 0 amide bonds. The van der Waals surface area contributed by atoms with Gasteiger partial charge in [0.2, 0.25) is 0 Å². The van der Waals surface area contributed by atoms with E-state index in [1.807, 2.05) is 12.2 Å². The van der Waals surface area contributed by atoms with Crippen LogP contribution in [0.5, 0.6) is 0 Å². The summed E-state index contributed by atoms with van der Waals surface area (Å²) >= 11 is 0. The van der Waals surface area contributed by atoms with Crippen molar-refractivity contribution < 1.29 is 28.6 Å². The number of ether oxygens (including phenoxy) is 3. The molecule has 0 aromatic heterocycles. The van der Waals surface area contributed by atoms with Crippen LogP contribution in [0.25, 0.3) is 0 Å². The number of hydrogen-bond acceptors (Lipinski definition) is 6. The molecule has 0 aliphatic rings. The topological polar surface area (TPSA) is 78.9 Å². The van der Waals surface area contributed by atoms with E-state index in [4.69, 9.17) is 14.2 Å². The van der Waals surface area contributed by atoms with Crippen molar-refractivity contribution in [3.8, 4) is 0 Å². The van der Waals surface area contributed by atoms with Gasteiger partial charge in [0.25, 0.3) is 0 Å².